The molecule has 1 saturated heterocycles. The van der Waals surface area contributed by atoms with E-state index < -0.39 is 27.2 Å². The number of esters is 1. The van der Waals surface area contributed by atoms with Crippen molar-refractivity contribution in [2.45, 2.75) is 55.7 Å². The third-order valence-corrected chi connectivity index (χ3v) is 9.68. The van der Waals surface area contributed by atoms with Crippen LogP contribution in [0.2, 0.25) is 0 Å². The van der Waals surface area contributed by atoms with Crippen LogP contribution in [0.1, 0.15) is 53.4 Å². The quantitative estimate of drug-likeness (QED) is 0.494. The van der Waals surface area contributed by atoms with Crippen molar-refractivity contribution in [3.63, 3.8) is 0 Å². The molecule has 1 aliphatic heterocycles. The SMILES string of the molecule is CCOC(=O)c1c(NC(=O)NC(C2CCNCC2)S(=O)(=O)c2ccccc2)sc2c1CCCC2. The molecule has 1 aliphatic carbocycles. The van der Waals surface area contributed by atoms with Gasteiger partial charge in [-0.25, -0.2) is 18.0 Å². The van der Waals surface area contributed by atoms with Crippen molar-refractivity contribution in [3.05, 3.63) is 46.3 Å². The van der Waals surface area contributed by atoms with Gasteiger partial charge in [0.05, 0.1) is 17.1 Å². The smallest absolute Gasteiger partial charge is 0.341 e. The van der Waals surface area contributed by atoms with Crippen molar-refractivity contribution in [2.75, 3.05) is 25.0 Å². The maximum Gasteiger partial charge on any atom is 0.341 e. The number of urea groups is 1. The zero-order valence-electron chi connectivity index (χ0n) is 19.3. The average molecular weight is 506 g/mol. The van der Waals surface area contributed by atoms with Crippen LogP contribution in [0.3, 0.4) is 0 Å². The van der Waals surface area contributed by atoms with E-state index in [4.69, 9.17) is 4.74 Å². The summed E-state index contributed by atoms with van der Waals surface area (Å²) in [7, 11) is -3.81. The molecule has 1 unspecified atom stereocenters. The molecule has 10 heteroatoms. The van der Waals surface area contributed by atoms with Crippen LogP contribution >= 0.6 is 11.3 Å². The number of ether oxygens (including phenoxy) is 1. The fourth-order valence-corrected chi connectivity index (χ4v) is 7.84. The van der Waals surface area contributed by atoms with Gasteiger partial charge in [0.25, 0.3) is 0 Å². The van der Waals surface area contributed by atoms with Crippen molar-refractivity contribution in [3.8, 4) is 0 Å². The molecule has 184 valence electrons. The molecule has 2 amide bonds. The van der Waals surface area contributed by atoms with E-state index in [2.05, 4.69) is 16.0 Å². The van der Waals surface area contributed by atoms with Gasteiger partial charge in [-0.15, -0.1) is 11.3 Å². The number of carbonyl (C=O) groups is 2. The molecule has 0 spiro atoms. The Morgan fingerprint density at radius 1 is 1.15 bits per heavy atom. The van der Waals surface area contributed by atoms with Crippen LogP contribution in [0, 0.1) is 5.92 Å². The molecule has 4 rings (SSSR count). The maximum absolute atomic E-state index is 13.5. The largest absolute Gasteiger partial charge is 0.462 e. The highest BCUT2D eigenvalue weighted by Gasteiger charge is 2.37. The van der Waals surface area contributed by atoms with E-state index in [0.717, 1.165) is 36.1 Å². The van der Waals surface area contributed by atoms with Gasteiger partial charge in [-0.3, -0.25) is 5.32 Å². The Balaban J connectivity index is 1.60. The van der Waals surface area contributed by atoms with E-state index in [-0.39, 0.29) is 17.4 Å². The summed E-state index contributed by atoms with van der Waals surface area (Å²) in [5.74, 6) is -0.678. The minimum atomic E-state index is -3.81. The number of anilines is 1. The summed E-state index contributed by atoms with van der Waals surface area (Å²) in [6.07, 6.45) is 4.92. The lowest BCUT2D eigenvalue weighted by Gasteiger charge is -2.31. The molecule has 0 saturated carbocycles. The number of hydrogen-bond donors (Lipinski definition) is 3. The number of aryl methyl sites for hydroxylation is 1. The first-order chi connectivity index (χ1) is 16.4. The molecule has 2 aliphatic rings. The molecule has 3 N–H and O–H groups in total. The number of fused-ring (bicyclic) bond motifs is 1. The number of hydrogen-bond acceptors (Lipinski definition) is 7. The molecule has 0 radical (unpaired) electrons. The summed E-state index contributed by atoms with van der Waals surface area (Å²) in [5.41, 5.74) is 1.35. The second kappa shape index (κ2) is 10.9. The second-order valence-electron chi connectivity index (χ2n) is 8.60. The number of thiophene rings is 1. The van der Waals surface area contributed by atoms with Crippen LogP contribution in [0.4, 0.5) is 9.80 Å². The lowest BCUT2D eigenvalue weighted by molar-refractivity contribution is 0.0526. The first kappa shape index (κ1) is 24.7. The molecule has 1 aromatic heterocycles. The Bertz CT molecular complexity index is 1120. The van der Waals surface area contributed by atoms with E-state index in [1.807, 2.05) is 0 Å². The predicted molar refractivity (Wildman–Crippen MR) is 132 cm³/mol. The van der Waals surface area contributed by atoms with Crippen LogP contribution in [-0.2, 0) is 27.4 Å². The van der Waals surface area contributed by atoms with Crippen molar-refractivity contribution in [2.24, 2.45) is 5.92 Å². The van der Waals surface area contributed by atoms with Crippen molar-refractivity contribution >= 4 is 38.2 Å². The monoisotopic (exact) mass is 505 g/mol. The van der Waals surface area contributed by atoms with Gasteiger partial charge in [0.15, 0.2) is 9.84 Å². The van der Waals surface area contributed by atoms with E-state index in [1.54, 1.807) is 37.3 Å². The molecule has 2 heterocycles. The first-order valence-electron chi connectivity index (χ1n) is 11.8. The second-order valence-corrected chi connectivity index (χ2v) is 11.8. The number of rotatable bonds is 7. The van der Waals surface area contributed by atoms with Crippen LogP contribution in [-0.4, -0.2) is 45.5 Å². The fourth-order valence-electron chi connectivity index (χ4n) is 4.69. The van der Waals surface area contributed by atoms with E-state index in [0.29, 0.717) is 36.5 Å². The van der Waals surface area contributed by atoms with Gasteiger partial charge in [0, 0.05) is 4.88 Å². The van der Waals surface area contributed by atoms with Gasteiger partial charge < -0.3 is 15.4 Å². The molecule has 8 nitrogen and oxygen atoms in total. The van der Waals surface area contributed by atoms with Crippen LogP contribution < -0.4 is 16.0 Å². The van der Waals surface area contributed by atoms with Gasteiger partial charge >= 0.3 is 12.0 Å². The van der Waals surface area contributed by atoms with Gasteiger partial charge in [0.1, 0.15) is 10.4 Å². The Hall–Kier alpha value is -2.43. The molecule has 1 atom stereocenters. The number of sulfone groups is 1. The molecule has 0 bridgehead atoms. The lowest BCUT2D eigenvalue weighted by Crippen LogP contribution is -2.50. The third kappa shape index (κ3) is 5.29. The summed E-state index contributed by atoms with van der Waals surface area (Å²) >= 11 is 1.38. The normalized spacial score (nSPS) is 17.4. The topological polar surface area (TPSA) is 114 Å². The lowest BCUT2D eigenvalue weighted by atomic mass is 9.95. The standard InChI is InChI=1S/C24H31N3O5S2/c1-2-32-23(28)20-18-10-6-7-11-19(18)33-21(20)26-24(29)27-22(16-12-14-25-15-13-16)34(30,31)17-8-4-3-5-9-17/h3-5,8-9,16,22,25H,2,6-7,10-15H2,1H3,(H2,26,27,29). The van der Waals surface area contributed by atoms with Gasteiger partial charge in [-0.2, -0.15) is 0 Å². The Morgan fingerprint density at radius 2 is 1.85 bits per heavy atom. The minimum absolute atomic E-state index is 0.178. The number of carbonyl (C=O) groups excluding carboxylic acids is 2. The number of nitrogens with one attached hydrogen (secondary N) is 3. The highest BCUT2D eigenvalue weighted by molar-refractivity contribution is 7.92. The van der Waals surface area contributed by atoms with Crippen molar-refractivity contribution < 1.29 is 22.7 Å². The summed E-state index contributed by atoms with van der Waals surface area (Å²) in [6, 6.07) is 7.58. The van der Waals surface area contributed by atoms with E-state index in [9.17, 15) is 18.0 Å². The van der Waals surface area contributed by atoms with Crippen molar-refractivity contribution in [1.82, 2.24) is 10.6 Å². The third-order valence-electron chi connectivity index (χ3n) is 6.37. The Morgan fingerprint density at radius 3 is 2.56 bits per heavy atom. The number of amides is 2. The molecule has 1 aromatic carbocycles. The fraction of sp³-hybridized carbons (Fsp3) is 0.500. The zero-order valence-corrected chi connectivity index (χ0v) is 20.9. The number of benzene rings is 1. The van der Waals surface area contributed by atoms with Crippen molar-refractivity contribution in [1.29, 1.82) is 0 Å². The maximum atomic E-state index is 13.5. The predicted octanol–water partition coefficient (Wildman–Crippen LogP) is 3.72. The van der Waals surface area contributed by atoms with Gasteiger partial charge in [-0.1, -0.05) is 18.2 Å². The summed E-state index contributed by atoms with van der Waals surface area (Å²) in [5, 5.41) is 8.12. The summed E-state index contributed by atoms with van der Waals surface area (Å²) < 4.78 is 32.3. The van der Waals surface area contributed by atoms with Crippen LogP contribution in [0.25, 0.3) is 0 Å². The number of piperidine rings is 1. The minimum Gasteiger partial charge on any atom is -0.462 e. The zero-order chi connectivity index (χ0) is 24.1. The van der Waals surface area contributed by atoms with E-state index >= 15 is 0 Å². The molecule has 34 heavy (non-hydrogen) atoms. The van der Waals surface area contributed by atoms with Gasteiger partial charge in [0.2, 0.25) is 0 Å². The Kier molecular flexibility index (Phi) is 7.90. The average Bonchev–Trinajstić information content (AvgIpc) is 3.21. The highest BCUT2D eigenvalue weighted by atomic mass is 32.2. The van der Waals surface area contributed by atoms with Gasteiger partial charge in [-0.05, 0) is 82.2 Å². The summed E-state index contributed by atoms with van der Waals surface area (Å²) in [4.78, 5) is 27.1. The van der Waals surface area contributed by atoms with Crippen LogP contribution in [0.5, 0.6) is 0 Å². The highest BCUT2D eigenvalue weighted by Crippen LogP contribution is 2.38. The first-order valence-corrected chi connectivity index (χ1v) is 14.2. The van der Waals surface area contributed by atoms with E-state index in [1.165, 1.54) is 11.3 Å². The molecule has 1 fully saturated rings. The molecule has 2 aromatic rings. The molecular formula is C24H31N3O5S2. The summed E-state index contributed by atoms with van der Waals surface area (Å²) in [6.45, 7) is 3.37. The molecular weight excluding hydrogens is 474 g/mol. The Labute approximate surface area is 204 Å². The van der Waals surface area contributed by atoms with Crippen LogP contribution in [0.15, 0.2) is 35.2 Å².